The first kappa shape index (κ1) is 17.7. The number of carbonyl (C=O) groups excluding carboxylic acids is 1. The highest BCUT2D eigenvalue weighted by molar-refractivity contribution is 5.91. The second-order valence-electron chi connectivity index (χ2n) is 6.96. The van der Waals surface area contributed by atoms with Gasteiger partial charge in [-0.3, -0.25) is 4.79 Å². The highest BCUT2D eigenvalue weighted by atomic mass is 16.6. The number of nitrogens with one attached hydrogen (secondary N) is 2. The average Bonchev–Trinajstić information content (AvgIpc) is 3.16. The summed E-state index contributed by atoms with van der Waals surface area (Å²) in [6.07, 6.45) is 2.19. The Morgan fingerprint density at radius 2 is 1.93 bits per heavy atom. The number of anilines is 1. The minimum atomic E-state index is 0.0274. The second-order valence-corrected chi connectivity index (χ2v) is 6.96. The van der Waals surface area contributed by atoms with Crippen LogP contribution in [0.5, 0.6) is 17.2 Å². The molecule has 0 radical (unpaired) electrons. The molecule has 1 unspecified atom stereocenters. The van der Waals surface area contributed by atoms with Gasteiger partial charge in [-0.05, 0) is 42.5 Å². The van der Waals surface area contributed by atoms with E-state index in [1.54, 1.807) is 7.11 Å². The van der Waals surface area contributed by atoms with Gasteiger partial charge in [0.05, 0.1) is 13.7 Å². The fraction of sp³-hybridized carbons (Fsp3) is 0.381. The SMILES string of the molecule is COc1ccc(NC(=O)C[NH+]2CCC[C@@H]2c2ccc3c(c2)OCCO3)cc1. The van der Waals surface area contributed by atoms with Crippen LogP contribution in [-0.4, -0.2) is 39.3 Å². The summed E-state index contributed by atoms with van der Waals surface area (Å²) in [5.41, 5.74) is 2.00. The molecule has 2 heterocycles. The van der Waals surface area contributed by atoms with Crippen LogP contribution in [0, 0.1) is 0 Å². The molecule has 0 bridgehead atoms. The van der Waals surface area contributed by atoms with Crippen molar-refractivity contribution in [1.82, 2.24) is 0 Å². The van der Waals surface area contributed by atoms with Gasteiger partial charge in [-0.1, -0.05) is 0 Å². The van der Waals surface area contributed by atoms with Crippen LogP contribution in [-0.2, 0) is 4.79 Å². The lowest BCUT2D eigenvalue weighted by molar-refractivity contribution is -0.910. The van der Waals surface area contributed by atoms with Crippen molar-refractivity contribution in [1.29, 1.82) is 0 Å². The lowest BCUT2D eigenvalue weighted by atomic mass is 10.0. The summed E-state index contributed by atoms with van der Waals surface area (Å²) in [7, 11) is 1.63. The molecule has 4 rings (SSSR count). The molecule has 2 aliphatic rings. The lowest BCUT2D eigenvalue weighted by Gasteiger charge is -2.24. The number of amides is 1. The van der Waals surface area contributed by atoms with E-state index < -0.39 is 0 Å². The Kier molecular flexibility index (Phi) is 5.16. The maximum absolute atomic E-state index is 12.5. The van der Waals surface area contributed by atoms with Gasteiger partial charge in [-0.15, -0.1) is 0 Å². The molecule has 2 aromatic carbocycles. The van der Waals surface area contributed by atoms with Crippen molar-refractivity contribution in [2.24, 2.45) is 0 Å². The molecule has 27 heavy (non-hydrogen) atoms. The number of fused-ring (bicyclic) bond motifs is 1. The Morgan fingerprint density at radius 1 is 1.15 bits per heavy atom. The molecule has 0 aliphatic carbocycles. The molecule has 0 spiro atoms. The molecular formula is C21H25N2O4+. The Morgan fingerprint density at radius 3 is 2.70 bits per heavy atom. The highest BCUT2D eigenvalue weighted by Gasteiger charge is 2.32. The van der Waals surface area contributed by atoms with Gasteiger partial charge in [0.1, 0.15) is 25.0 Å². The number of methoxy groups -OCH3 is 1. The van der Waals surface area contributed by atoms with Crippen LogP contribution >= 0.6 is 0 Å². The molecular weight excluding hydrogens is 344 g/mol. The van der Waals surface area contributed by atoms with Gasteiger partial charge < -0.3 is 24.4 Å². The third kappa shape index (κ3) is 4.01. The molecule has 1 amide bonds. The Bertz CT molecular complexity index is 806. The molecule has 142 valence electrons. The fourth-order valence-corrected chi connectivity index (χ4v) is 3.89. The molecule has 0 aromatic heterocycles. The number of ether oxygens (including phenoxy) is 3. The zero-order valence-corrected chi connectivity index (χ0v) is 15.5. The minimum Gasteiger partial charge on any atom is -0.497 e. The van der Waals surface area contributed by atoms with E-state index in [1.807, 2.05) is 30.3 Å². The van der Waals surface area contributed by atoms with E-state index in [-0.39, 0.29) is 5.91 Å². The summed E-state index contributed by atoms with van der Waals surface area (Å²) in [4.78, 5) is 13.8. The van der Waals surface area contributed by atoms with E-state index in [0.29, 0.717) is 25.8 Å². The van der Waals surface area contributed by atoms with Gasteiger partial charge in [-0.2, -0.15) is 0 Å². The average molecular weight is 369 g/mol. The highest BCUT2D eigenvalue weighted by Crippen LogP contribution is 2.33. The van der Waals surface area contributed by atoms with Crippen LogP contribution in [0.25, 0.3) is 0 Å². The van der Waals surface area contributed by atoms with Gasteiger partial charge >= 0.3 is 0 Å². The number of hydrogen-bond donors (Lipinski definition) is 2. The summed E-state index contributed by atoms with van der Waals surface area (Å²) in [5, 5.41) is 2.98. The monoisotopic (exact) mass is 369 g/mol. The number of quaternary nitrogens is 1. The minimum absolute atomic E-state index is 0.0274. The van der Waals surface area contributed by atoms with E-state index >= 15 is 0 Å². The second kappa shape index (κ2) is 7.88. The van der Waals surface area contributed by atoms with Gasteiger partial charge in [0.2, 0.25) is 0 Å². The van der Waals surface area contributed by atoms with E-state index in [0.717, 1.165) is 42.3 Å². The largest absolute Gasteiger partial charge is 0.497 e. The van der Waals surface area contributed by atoms with Crippen LogP contribution in [0.2, 0.25) is 0 Å². The van der Waals surface area contributed by atoms with Crippen molar-refractivity contribution in [2.45, 2.75) is 18.9 Å². The van der Waals surface area contributed by atoms with Gasteiger partial charge in [0.15, 0.2) is 18.0 Å². The van der Waals surface area contributed by atoms with Gasteiger partial charge in [-0.25, -0.2) is 0 Å². The molecule has 2 atom stereocenters. The van der Waals surface area contributed by atoms with E-state index in [4.69, 9.17) is 14.2 Å². The van der Waals surface area contributed by atoms with Crippen LogP contribution in [0.3, 0.4) is 0 Å². The smallest absolute Gasteiger partial charge is 0.279 e. The van der Waals surface area contributed by atoms with E-state index in [9.17, 15) is 4.79 Å². The third-order valence-electron chi connectivity index (χ3n) is 5.21. The predicted octanol–water partition coefficient (Wildman–Crippen LogP) is 1.82. The summed E-state index contributed by atoms with van der Waals surface area (Å²) < 4.78 is 16.5. The first-order chi connectivity index (χ1) is 13.2. The van der Waals surface area contributed by atoms with Crippen molar-refractivity contribution in [3.05, 3.63) is 48.0 Å². The van der Waals surface area contributed by atoms with E-state index in [2.05, 4.69) is 17.4 Å². The Hall–Kier alpha value is -2.73. The number of benzene rings is 2. The van der Waals surface area contributed by atoms with Crippen LogP contribution in [0.4, 0.5) is 5.69 Å². The van der Waals surface area contributed by atoms with Crippen molar-refractivity contribution < 1.29 is 23.9 Å². The predicted molar refractivity (Wildman–Crippen MR) is 102 cm³/mol. The third-order valence-corrected chi connectivity index (χ3v) is 5.21. The van der Waals surface area contributed by atoms with Crippen LogP contribution < -0.4 is 24.4 Å². The lowest BCUT2D eigenvalue weighted by Crippen LogP contribution is -3.11. The van der Waals surface area contributed by atoms with Crippen LogP contribution in [0.1, 0.15) is 24.4 Å². The standard InChI is InChI=1S/C21H24N2O4/c1-25-17-7-5-16(6-8-17)22-21(24)14-23-10-2-3-18(23)15-4-9-19-20(13-15)27-12-11-26-19/h4-9,13,18H,2-3,10-12,14H2,1H3,(H,22,24)/p+1/t18-/m1/s1. The molecule has 6 heteroatoms. The topological polar surface area (TPSA) is 61.2 Å². The summed E-state index contributed by atoms with van der Waals surface area (Å²) in [6.45, 7) is 2.63. The van der Waals surface area contributed by atoms with Crippen molar-refractivity contribution in [2.75, 3.05) is 38.7 Å². The molecule has 6 nitrogen and oxygen atoms in total. The molecule has 1 saturated heterocycles. The molecule has 2 N–H and O–H groups in total. The van der Waals surface area contributed by atoms with Gasteiger partial charge in [0.25, 0.3) is 5.91 Å². The molecule has 2 aromatic rings. The quantitative estimate of drug-likeness (QED) is 0.844. The summed E-state index contributed by atoms with van der Waals surface area (Å²) >= 11 is 0. The Balaban J connectivity index is 1.41. The maximum atomic E-state index is 12.5. The van der Waals surface area contributed by atoms with Gasteiger partial charge in [0, 0.05) is 24.1 Å². The molecule has 0 saturated carbocycles. The number of rotatable bonds is 5. The molecule has 2 aliphatic heterocycles. The number of likely N-dealkylation sites (tertiary alicyclic amines) is 1. The normalized spacial score (nSPS) is 20.9. The van der Waals surface area contributed by atoms with Crippen LogP contribution in [0.15, 0.2) is 42.5 Å². The van der Waals surface area contributed by atoms with E-state index in [1.165, 1.54) is 10.5 Å². The summed E-state index contributed by atoms with van der Waals surface area (Å²) in [5.74, 6) is 2.42. The first-order valence-corrected chi connectivity index (χ1v) is 9.41. The zero-order chi connectivity index (χ0) is 18.6. The maximum Gasteiger partial charge on any atom is 0.279 e. The Labute approximate surface area is 159 Å². The number of carbonyl (C=O) groups is 1. The zero-order valence-electron chi connectivity index (χ0n) is 15.5. The molecule has 1 fully saturated rings. The van der Waals surface area contributed by atoms with Crippen molar-refractivity contribution in [3.8, 4) is 17.2 Å². The number of hydrogen-bond acceptors (Lipinski definition) is 4. The summed E-state index contributed by atoms with van der Waals surface area (Å²) in [6, 6.07) is 13.9. The fourth-order valence-electron chi connectivity index (χ4n) is 3.89. The van der Waals surface area contributed by atoms with Crippen molar-refractivity contribution >= 4 is 11.6 Å². The first-order valence-electron chi connectivity index (χ1n) is 9.41. The van der Waals surface area contributed by atoms with Crippen molar-refractivity contribution in [3.63, 3.8) is 0 Å².